The molecule has 2 aliphatic rings. The summed E-state index contributed by atoms with van der Waals surface area (Å²) in [5.74, 6) is 0. The van der Waals surface area contributed by atoms with Crippen molar-refractivity contribution in [3.8, 4) is 6.07 Å². The zero-order chi connectivity index (χ0) is 10.9. The Bertz CT molecular complexity index is 280. The molecule has 2 aliphatic heterocycles. The maximum atomic E-state index is 10.6. The molecule has 2 rings (SSSR count). The minimum absolute atomic E-state index is 0.0228. The molecule has 0 saturated carbocycles. The normalized spacial score (nSPS) is 46.3. The molecule has 3 atom stereocenters. The Kier molecular flexibility index (Phi) is 2.72. The lowest BCUT2D eigenvalue weighted by Gasteiger charge is -2.43. The molecule has 84 valence electrons. The van der Waals surface area contributed by atoms with Crippen LogP contribution in [0.3, 0.4) is 0 Å². The Morgan fingerprint density at radius 3 is 2.73 bits per heavy atom. The van der Waals surface area contributed by atoms with E-state index in [1.165, 1.54) is 0 Å². The van der Waals surface area contributed by atoms with E-state index in [-0.39, 0.29) is 6.10 Å². The summed E-state index contributed by atoms with van der Waals surface area (Å²) < 4.78 is 10.7. The Hall–Kier alpha value is -0.630. The number of ether oxygens (including phenoxy) is 2. The van der Waals surface area contributed by atoms with E-state index < -0.39 is 11.0 Å². The Balaban J connectivity index is 2.22. The van der Waals surface area contributed by atoms with E-state index in [0.29, 0.717) is 39.1 Å². The average Bonchev–Trinajstić information content (AvgIpc) is 2.67. The number of aliphatic hydroxyl groups is 1. The van der Waals surface area contributed by atoms with Crippen LogP contribution in [-0.2, 0) is 9.47 Å². The van der Waals surface area contributed by atoms with Crippen molar-refractivity contribution in [1.82, 2.24) is 0 Å². The van der Waals surface area contributed by atoms with Crippen molar-refractivity contribution in [2.75, 3.05) is 19.8 Å². The summed E-state index contributed by atoms with van der Waals surface area (Å²) in [5, 5.41) is 19.9. The summed E-state index contributed by atoms with van der Waals surface area (Å²) in [6.07, 6.45) is 1.72. The molecule has 2 heterocycles. The lowest BCUT2D eigenvalue weighted by atomic mass is 9.67. The van der Waals surface area contributed by atoms with Crippen LogP contribution in [0.1, 0.15) is 26.2 Å². The van der Waals surface area contributed by atoms with Crippen LogP contribution in [0.25, 0.3) is 0 Å². The van der Waals surface area contributed by atoms with Crippen molar-refractivity contribution in [3.05, 3.63) is 0 Å². The van der Waals surface area contributed by atoms with Gasteiger partial charge in [-0.05, 0) is 13.3 Å². The molecule has 4 heteroatoms. The predicted octanol–water partition coefficient (Wildman–Crippen LogP) is 0.847. The standard InChI is InChI=1S/C11H17NO3/c1-9-6-11(13,3-5-15-9)10(7-12)2-4-14-8-10/h9,13H,2-6,8H2,1H3. The zero-order valence-corrected chi connectivity index (χ0v) is 9.03. The highest BCUT2D eigenvalue weighted by atomic mass is 16.5. The van der Waals surface area contributed by atoms with Crippen LogP contribution in [0.15, 0.2) is 0 Å². The third-order valence-corrected chi connectivity index (χ3v) is 3.67. The summed E-state index contributed by atoms with van der Waals surface area (Å²) in [7, 11) is 0. The highest BCUT2D eigenvalue weighted by molar-refractivity contribution is 5.14. The molecule has 0 bridgehead atoms. The number of rotatable bonds is 1. The highest BCUT2D eigenvalue weighted by Gasteiger charge is 2.54. The minimum atomic E-state index is -0.935. The van der Waals surface area contributed by atoms with Crippen LogP contribution >= 0.6 is 0 Å². The van der Waals surface area contributed by atoms with E-state index in [1.807, 2.05) is 6.92 Å². The molecular formula is C11H17NO3. The number of hydrogen-bond donors (Lipinski definition) is 1. The van der Waals surface area contributed by atoms with Crippen LogP contribution < -0.4 is 0 Å². The van der Waals surface area contributed by atoms with Gasteiger partial charge in [-0.15, -0.1) is 0 Å². The van der Waals surface area contributed by atoms with Crippen molar-refractivity contribution in [2.24, 2.45) is 5.41 Å². The Labute approximate surface area is 89.8 Å². The lowest BCUT2D eigenvalue weighted by Crippen LogP contribution is -2.53. The van der Waals surface area contributed by atoms with E-state index in [2.05, 4.69) is 6.07 Å². The second-order valence-corrected chi connectivity index (χ2v) is 4.66. The SMILES string of the molecule is CC1CC(O)(C2(C#N)CCOC2)CCO1. The molecule has 0 aliphatic carbocycles. The van der Waals surface area contributed by atoms with Crippen LogP contribution in [0, 0.1) is 16.7 Å². The van der Waals surface area contributed by atoms with Gasteiger partial charge in [0.2, 0.25) is 0 Å². The average molecular weight is 211 g/mol. The second kappa shape index (κ2) is 3.75. The van der Waals surface area contributed by atoms with Crippen molar-refractivity contribution >= 4 is 0 Å². The molecule has 0 amide bonds. The van der Waals surface area contributed by atoms with Gasteiger partial charge < -0.3 is 14.6 Å². The van der Waals surface area contributed by atoms with Crippen LogP contribution in [0.4, 0.5) is 0 Å². The van der Waals surface area contributed by atoms with Crippen molar-refractivity contribution in [2.45, 2.75) is 37.9 Å². The van der Waals surface area contributed by atoms with Gasteiger partial charge in [-0.2, -0.15) is 5.26 Å². The smallest absolute Gasteiger partial charge is 0.112 e. The molecular weight excluding hydrogens is 194 g/mol. The minimum Gasteiger partial charge on any atom is -0.388 e. The second-order valence-electron chi connectivity index (χ2n) is 4.66. The van der Waals surface area contributed by atoms with E-state index in [0.717, 1.165) is 0 Å². The number of hydrogen-bond acceptors (Lipinski definition) is 4. The third-order valence-electron chi connectivity index (χ3n) is 3.67. The first-order chi connectivity index (χ1) is 7.12. The molecule has 3 unspecified atom stereocenters. The monoisotopic (exact) mass is 211 g/mol. The van der Waals surface area contributed by atoms with Crippen LogP contribution in [-0.4, -0.2) is 36.6 Å². The van der Waals surface area contributed by atoms with Gasteiger partial charge in [0, 0.05) is 26.1 Å². The van der Waals surface area contributed by atoms with Gasteiger partial charge in [0.25, 0.3) is 0 Å². The first-order valence-corrected chi connectivity index (χ1v) is 5.45. The zero-order valence-electron chi connectivity index (χ0n) is 9.03. The largest absolute Gasteiger partial charge is 0.388 e. The first-order valence-electron chi connectivity index (χ1n) is 5.45. The van der Waals surface area contributed by atoms with Gasteiger partial charge in [-0.1, -0.05) is 0 Å². The fourth-order valence-electron chi connectivity index (χ4n) is 2.62. The topological polar surface area (TPSA) is 62.5 Å². The van der Waals surface area contributed by atoms with Gasteiger partial charge in [0.15, 0.2) is 0 Å². The summed E-state index contributed by atoms with van der Waals surface area (Å²) in [6.45, 7) is 3.39. The molecule has 2 saturated heterocycles. The predicted molar refractivity (Wildman–Crippen MR) is 53.1 cm³/mol. The Morgan fingerprint density at radius 1 is 1.40 bits per heavy atom. The molecule has 0 aromatic rings. The maximum Gasteiger partial charge on any atom is 0.112 e. The molecule has 15 heavy (non-hydrogen) atoms. The van der Waals surface area contributed by atoms with Gasteiger partial charge in [-0.3, -0.25) is 0 Å². The van der Waals surface area contributed by atoms with Crippen molar-refractivity contribution in [3.63, 3.8) is 0 Å². The molecule has 2 fully saturated rings. The molecule has 0 radical (unpaired) electrons. The van der Waals surface area contributed by atoms with E-state index in [9.17, 15) is 10.4 Å². The van der Waals surface area contributed by atoms with Gasteiger partial charge in [-0.25, -0.2) is 0 Å². The van der Waals surface area contributed by atoms with Crippen LogP contribution in [0.2, 0.25) is 0 Å². The molecule has 0 aromatic carbocycles. The highest BCUT2D eigenvalue weighted by Crippen LogP contribution is 2.45. The number of nitriles is 1. The molecule has 0 spiro atoms. The summed E-state index contributed by atoms with van der Waals surface area (Å²) in [5.41, 5.74) is -1.65. The van der Waals surface area contributed by atoms with Gasteiger partial charge in [0.1, 0.15) is 5.41 Å². The molecule has 1 N–H and O–H groups in total. The lowest BCUT2D eigenvalue weighted by molar-refractivity contribution is -0.147. The van der Waals surface area contributed by atoms with E-state index in [1.54, 1.807) is 0 Å². The van der Waals surface area contributed by atoms with E-state index >= 15 is 0 Å². The molecule has 0 aromatic heterocycles. The van der Waals surface area contributed by atoms with Crippen molar-refractivity contribution in [1.29, 1.82) is 5.26 Å². The fourth-order valence-corrected chi connectivity index (χ4v) is 2.62. The summed E-state index contributed by atoms with van der Waals surface area (Å²) >= 11 is 0. The maximum absolute atomic E-state index is 10.6. The quantitative estimate of drug-likeness (QED) is 0.698. The fraction of sp³-hybridized carbons (Fsp3) is 0.909. The molecule has 4 nitrogen and oxygen atoms in total. The van der Waals surface area contributed by atoms with Gasteiger partial charge in [0.05, 0.1) is 24.4 Å². The van der Waals surface area contributed by atoms with Crippen molar-refractivity contribution < 1.29 is 14.6 Å². The summed E-state index contributed by atoms with van der Waals surface area (Å²) in [4.78, 5) is 0. The first kappa shape index (κ1) is 10.9. The third kappa shape index (κ3) is 1.65. The number of nitrogens with zero attached hydrogens (tertiary/aromatic N) is 1. The van der Waals surface area contributed by atoms with E-state index in [4.69, 9.17) is 9.47 Å². The summed E-state index contributed by atoms with van der Waals surface area (Å²) in [6, 6.07) is 2.28. The Morgan fingerprint density at radius 2 is 2.20 bits per heavy atom. The van der Waals surface area contributed by atoms with Crippen LogP contribution in [0.5, 0.6) is 0 Å². The van der Waals surface area contributed by atoms with Gasteiger partial charge >= 0.3 is 0 Å².